The first kappa shape index (κ1) is 13.2. The Morgan fingerprint density at radius 3 is 2.94 bits per heavy atom. The molecule has 1 aliphatic carbocycles. The molecule has 0 heterocycles. The van der Waals surface area contributed by atoms with Crippen LogP contribution in [0, 0.1) is 0 Å². The number of carbonyl (C=O) groups is 1. The van der Waals surface area contributed by atoms with Crippen LogP contribution in [0.1, 0.15) is 45.4 Å². The van der Waals surface area contributed by atoms with Crippen LogP contribution in [0.15, 0.2) is 11.6 Å². The molecular formula is C13H24N2O. The number of hydrogen-bond acceptors (Lipinski definition) is 2. The van der Waals surface area contributed by atoms with E-state index in [1.54, 1.807) is 0 Å². The largest absolute Gasteiger partial charge is 0.356 e. The summed E-state index contributed by atoms with van der Waals surface area (Å²) in [6, 6.07) is 0. The highest BCUT2D eigenvalue weighted by Crippen LogP contribution is 2.19. The fourth-order valence-corrected chi connectivity index (χ4v) is 1.96. The van der Waals surface area contributed by atoms with Crippen LogP contribution in [0.25, 0.3) is 0 Å². The maximum atomic E-state index is 11.4. The monoisotopic (exact) mass is 224 g/mol. The van der Waals surface area contributed by atoms with Gasteiger partial charge in [0.1, 0.15) is 0 Å². The molecule has 0 aliphatic heterocycles. The van der Waals surface area contributed by atoms with Crippen LogP contribution in [-0.2, 0) is 4.79 Å². The Balaban J connectivity index is 2.01. The topological polar surface area (TPSA) is 41.1 Å². The molecule has 1 aliphatic rings. The zero-order valence-corrected chi connectivity index (χ0v) is 10.3. The molecule has 0 fully saturated rings. The van der Waals surface area contributed by atoms with Gasteiger partial charge in [-0.3, -0.25) is 4.79 Å². The average molecular weight is 224 g/mol. The fraction of sp³-hybridized carbons (Fsp3) is 0.769. The van der Waals surface area contributed by atoms with Crippen molar-refractivity contribution in [2.45, 2.75) is 45.4 Å². The minimum absolute atomic E-state index is 0.164. The summed E-state index contributed by atoms with van der Waals surface area (Å²) in [7, 11) is 0. The summed E-state index contributed by atoms with van der Waals surface area (Å²) in [6.45, 7) is 4.56. The molecule has 2 N–H and O–H groups in total. The van der Waals surface area contributed by atoms with Gasteiger partial charge in [-0.25, -0.2) is 0 Å². The summed E-state index contributed by atoms with van der Waals surface area (Å²) < 4.78 is 0. The third-order valence-electron chi connectivity index (χ3n) is 2.93. The van der Waals surface area contributed by atoms with Crippen molar-refractivity contribution in [1.29, 1.82) is 0 Å². The third kappa shape index (κ3) is 5.91. The highest BCUT2D eigenvalue weighted by atomic mass is 16.1. The van der Waals surface area contributed by atoms with Gasteiger partial charge in [0.05, 0.1) is 0 Å². The number of nitrogens with one attached hydrogen (secondary N) is 2. The first-order valence-corrected chi connectivity index (χ1v) is 6.48. The van der Waals surface area contributed by atoms with Crippen LogP contribution in [0.4, 0.5) is 0 Å². The Morgan fingerprint density at radius 2 is 2.25 bits per heavy atom. The van der Waals surface area contributed by atoms with E-state index in [1.165, 1.54) is 31.3 Å². The Bertz CT molecular complexity index is 236. The van der Waals surface area contributed by atoms with Gasteiger partial charge in [-0.15, -0.1) is 0 Å². The van der Waals surface area contributed by atoms with Crippen molar-refractivity contribution in [1.82, 2.24) is 10.6 Å². The minimum atomic E-state index is 0.164. The highest BCUT2D eigenvalue weighted by molar-refractivity contribution is 5.76. The lowest BCUT2D eigenvalue weighted by Crippen LogP contribution is -2.28. The summed E-state index contributed by atoms with van der Waals surface area (Å²) in [5.41, 5.74) is 1.53. The Morgan fingerprint density at radius 1 is 1.38 bits per heavy atom. The van der Waals surface area contributed by atoms with Gasteiger partial charge in [0, 0.05) is 19.5 Å². The Labute approximate surface area is 98.7 Å². The maximum Gasteiger partial charge on any atom is 0.221 e. The van der Waals surface area contributed by atoms with Crippen molar-refractivity contribution < 1.29 is 4.79 Å². The second kappa shape index (κ2) is 8.34. The summed E-state index contributed by atoms with van der Waals surface area (Å²) in [5, 5.41) is 6.12. The molecule has 1 amide bonds. The molecular weight excluding hydrogens is 200 g/mol. The lowest BCUT2D eigenvalue weighted by Gasteiger charge is -2.12. The van der Waals surface area contributed by atoms with E-state index in [0.29, 0.717) is 6.42 Å². The van der Waals surface area contributed by atoms with Crippen LogP contribution >= 0.6 is 0 Å². The molecule has 0 aromatic heterocycles. The fourth-order valence-electron chi connectivity index (χ4n) is 1.96. The number of amides is 1. The maximum absolute atomic E-state index is 11.4. The molecule has 1 rings (SSSR count). The molecule has 0 aromatic carbocycles. The predicted molar refractivity (Wildman–Crippen MR) is 67.3 cm³/mol. The van der Waals surface area contributed by atoms with Crippen LogP contribution in [-0.4, -0.2) is 25.5 Å². The molecule has 0 unspecified atom stereocenters. The molecule has 3 heteroatoms. The smallest absolute Gasteiger partial charge is 0.221 e. The standard InChI is InChI=1S/C13H24N2O/c1-2-14-10-9-13(16)15-11-8-12-6-4-3-5-7-12/h6,14H,2-5,7-11H2,1H3,(H,15,16). The van der Waals surface area contributed by atoms with E-state index in [0.717, 1.165) is 26.1 Å². The second-order valence-electron chi connectivity index (χ2n) is 4.31. The summed E-state index contributed by atoms with van der Waals surface area (Å²) in [4.78, 5) is 11.4. The minimum Gasteiger partial charge on any atom is -0.356 e. The summed E-state index contributed by atoms with van der Waals surface area (Å²) in [5.74, 6) is 0.164. The third-order valence-corrected chi connectivity index (χ3v) is 2.93. The van der Waals surface area contributed by atoms with Crippen molar-refractivity contribution in [3.63, 3.8) is 0 Å². The highest BCUT2D eigenvalue weighted by Gasteiger charge is 2.04. The predicted octanol–water partition coefficient (Wildman–Crippen LogP) is 1.99. The van der Waals surface area contributed by atoms with Crippen molar-refractivity contribution in [3.8, 4) is 0 Å². The lowest BCUT2D eigenvalue weighted by atomic mass is 9.97. The lowest BCUT2D eigenvalue weighted by molar-refractivity contribution is -0.120. The van der Waals surface area contributed by atoms with E-state index in [1.807, 2.05) is 6.92 Å². The van der Waals surface area contributed by atoms with Gasteiger partial charge in [0.15, 0.2) is 0 Å². The first-order valence-electron chi connectivity index (χ1n) is 6.48. The summed E-state index contributed by atoms with van der Waals surface area (Å²) in [6.07, 6.45) is 9.07. The second-order valence-corrected chi connectivity index (χ2v) is 4.31. The normalized spacial score (nSPS) is 15.7. The van der Waals surface area contributed by atoms with Crippen molar-refractivity contribution in [3.05, 3.63) is 11.6 Å². The van der Waals surface area contributed by atoms with Gasteiger partial charge in [-0.1, -0.05) is 18.6 Å². The molecule has 0 radical (unpaired) electrons. The van der Waals surface area contributed by atoms with Gasteiger partial charge in [-0.05, 0) is 38.6 Å². The van der Waals surface area contributed by atoms with Gasteiger partial charge in [-0.2, -0.15) is 0 Å². The van der Waals surface area contributed by atoms with Crippen molar-refractivity contribution in [2.75, 3.05) is 19.6 Å². The van der Waals surface area contributed by atoms with Gasteiger partial charge in [0.2, 0.25) is 5.91 Å². The first-order chi connectivity index (χ1) is 7.83. The molecule has 0 atom stereocenters. The van der Waals surface area contributed by atoms with Crippen LogP contribution < -0.4 is 10.6 Å². The molecule has 0 bridgehead atoms. The van der Waals surface area contributed by atoms with Gasteiger partial charge in [0.25, 0.3) is 0 Å². The number of carbonyl (C=O) groups excluding carboxylic acids is 1. The van der Waals surface area contributed by atoms with E-state index in [9.17, 15) is 4.79 Å². The van der Waals surface area contributed by atoms with Crippen LogP contribution in [0.2, 0.25) is 0 Å². The molecule has 92 valence electrons. The number of rotatable bonds is 7. The molecule has 0 saturated carbocycles. The number of hydrogen-bond donors (Lipinski definition) is 2. The van der Waals surface area contributed by atoms with Crippen LogP contribution in [0.5, 0.6) is 0 Å². The van der Waals surface area contributed by atoms with E-state index in [-0.39, 0.29) is 5.91 Å². The Hall–Kier alpha value is -0.830. The average Bonchev–Trinajstić information content (AvgIpc) is 2.31. The zero-order chi connectivity index (χ0) is 11.6. The van der Waals surface area contributed by atoms with E-state index in [4.69, 9.17) is 0 Å². The molecule has 0 aromatic rings. The molecule has 0 saturated heterocycles. The SMILES string of the molecule is CCNCCC(=O)NCCC1=CCCCC1. The molecule has 3 nitrogen and oxygen atoms in total. The molecule has 0 spiro atoms. The quantitative estimate of drug-likeness (QED) is 0.513. The van der Waals surface area contributed by atoms with E-state index >= 15 is 0 Å². The summed E-state index contributed by atoms with van der Waals surface area (Å²) >= 11 is 0. The number of allylic oxidation sites excluding steroid dienone is 1. The van der Waals surface area contributed by atoms with Crippen LogP contribution in [0.3, 0.4) is 0 Å². The Kier molecular flexibility index (Phi) is 6.90. The van der Waals surface area contributed by atoms with E-state index < -0.39 is 0 Å². The zero-order valence-electron chi connectivity index (χ0n) is 10.3. The van der Waals surface area contributed by atoms with E-state index in [2.05, 4.69) is 16.7 Å². The molecule has 16 heavy (non-hydrogen) atoms. The van der Waals surface area contributed by atoms with Gasteiger partial charge < -0.3 is 10.6 Å². The van der Waals surface area contributed by atoms with Crippen molar-refractivity contribution in [2.24, 2.45) is 0 Å². The van der Waals surface area contributed by atoms with Crippen molar-refractivity contribution >= 4 is 5.91 Å². The van der Waals surface area contributed by atoms with Gasteiger partial charge >= 0.3 is 0 Å².